The number of nitrogens with zero attached hydrogens (tertiary/aromatic N) is 3. The van der Waals surface area contributed by atoms with Crippen molar-refractivity contribution in [3.05, 3.63) is 126 Å². The van der Waals surface area contributed by atoms with Crippen LogP contribution in [0.2, 0.25) is 0 Å². The Morgan fingerprint density at radius 3 is 2.02 bits per heavy atom. The van der Waals surface area contributed by atoms with Crippen molar-refractivity contribution in [1.29, 1.82) is 0 Å². The fourth-order valence-electron chi connectivity index (χ4n) is 7.60. The van der Waals surface area contributed by atoms with E-state index in [0.717, 1.165) is 22.4 Å². The molecule has 12 nitrogen and oxygen atoms in total. The molecule has 1 saturated heterocycles. The van der Waals surface area contributed by atoms with Crippen LogP contribution in [-0.2, 0) is 29.0 Å². The van der Waals surface area contributed by atoms with Crippen molar-refractivity contribution in [3.8, 4) is 11.3 Å². The standard InChI is InChI=1S/C46H57FN6O6/c1-45(2,3)39(51-43(57)58)41(55)49-34(26-31-19-21-32(22-20-31)36-18-12-13-23-48-36)28-38(54)37(27-30-14-8-7-9-15-30)50-42(56)40(46(4,5)6)53-25-24-52(44(53)59)29-33-16-10-11-17-35(33)47/h7-23,34,37-40,51,54H,24-29H2,1-6H3,(H,49,55)(H,50,56)(H,57,58)/t34-,37-,38-,39+,40+/m0/s1. The van der Waals surface area contributed by atoms with Crippen molar-refractivity contribution in [2.75, 3.05) is 13.1 Å². The van der Waals surface area contributed by atoms with Gasteiger partial charge < -0.3 is 36.0 Å². The maximum absolute atomic E-state index is 14.6. The lowest BCUT2D eigenvalue weighted by molar-refractivity contribution is -0.131. The van der Waals surface area contributed by atoms with Crippen LogP contribution in [0.25, 0.3) is 11.3 Å². The van der Waals surface area contributed by atoms with Crippen LogP contribution in [0.15, 0.2) is 103 Å². The Bertz CT molecular complexity index is 2040. The molecule has 5 rings (SSSR count). The molecule has 0 saturated carbocycles. The summed E-state index contributed by atoms with van der Waals surface area (Å²) in [4.78, 5) is 61.5. The van der Waals surface area contributed by atoms with E-state index in [1.165, 1.54) is 15.9 Å². The summed E-state index contributed by atoms with van der Waals surface area (Å²) in [6.07, 6.45) is -0.311. The van der Waals surface area contributed by atoms with E-state index in [1.54, 1.807) is 45.2 Å². The highest BCUT2D eigenvalue weighted by molar-refractivity contribution is 5.89. The van der Waals surface area contributed by atoms with E-state index in [2.05, 4.69) is 20.9 Å². The highest BCUT2D eigenvalue weighted by atomic mass is 19.1. The van der Waals surface area contributed by atoms with Gasteiger partial charge in [-0.05, 0) is 59.4 Å². The molecule has 3 aromatic carbocycles. The maximum Gasteiger partial charge on any atom is 0.405 e. The largest absolute Gasteiger partial charge is 0.465 e. The normalized spacial score (nSPS) is 15.8. The second kappa shape index (κ2) is 19.3. The van der Waals surface area contributed by atoms with Crippen LogP contribution in [0, 0.1) is 16.6 Å². The van der Waals surface area contributed by atoms with Gasteiger partial charge in [-0.15, -0.1) is 0 Å². The van der Waals surface area contributed by atoms with Gasteiger partial charge in [0.05, 0.1) is 24.4 Å². The molecule has 0 spiro atoms. The number of hydrogen-bond acceptors (Lipinski definition) is 6. The topological polar surface area (TPSA) is 164 Å². The lowest BCUT2D eigenvalue weighted by Gasteiger charge is -2.38. The number of carbonyl (C=O) groups excluding carboxylic acids is 3. The highest BCUT2D eigenvalue weighted by Gasteiger charge is 2.44. The number of hydrogen-bond donors (Lipinski definition) is 5. The number of nitrogens with one attached hydrogen (secondary N) is 3. The molecule has 314 valence electrons. The molecule has 0 bridgehead atoms. The van der Waals surface area contributed by atoms with Crippen LogP contribution >= 0.6 is 0 Å². The zero-order chi connectivity index (χ0) is 42.9. The van der Waals surface area contributed by atoms with Gasteiger partial charge in [-0.2, -0.15) is 0 Å². The molecular weight excluding hydrogens is 752 g/mol. The molecular formula is C46H57FN6O6. The summed E-state index contributed by atoms with van der Waals surface area (Å²) >= 11 is 0. The quantitative estimate of drug-likeness (QED) is 0.0872. The molecule has 0 unspecified atom stereocenters. The van der Waals surface area contributed by atoms with E-state index in [0.29, 0.717) is 12.1 Å². The Kier molecular flexibility index (Phi) is 14.5. The summed E-state index contributed by atoms with van der Waals surface area (Å²) in [7, 11) is 0. The van der Waals surface area contributed by atoms with Gasteiger partial charge in [0.1, 0.15) is 17.9 Å². The van der Waals surface area contributed by atoms with Gasteiger partial charge in [-0.3, -0.25) is 14.6 Å². The van der Waals surface area contributed by atoms with Crippen molar-refractivity contribution in [2.45, 2.75) is 97.6 Å². The Hall–Kier alpha value is -5.82. The number of pyridine rings is 1. The molecule has 59 heavy (non-hydrogen) atoms. The van der Waals surface area contributed by atoms with Crippen LogP contribution in [0.3, 0.4) is 0 Å². The third kappa shape index (κ3) is 12.1. The van der Waals surface area contributed by atoms with Crippen molar-refractivity contribution in [2.24, 2.45) is 10.8 Å². The van der Waals surface area contributed by atoms with Crippen molar-refractivity contribution < 1.29 is 33.8 Å². The predicted molar refractivity (Wildman–Crippen MR) is 225 cm³/mol. The van der Waals surface area contributed by atoms with Crippen molar-refractivity contribution >= 4 is 23.9 Å². The Balaban J connectivity index is 1.41. The average Bonchev–Trinajstić information content (AvgIpc) is 3.52. The molecule has 1 aliphatic heterocycles. The van der Waals surface area contributed by atoms with Crippen LogP contribution in [0.4, 0.5) is 14.0 Å². The predicted octanol–water partition coefficient (Wildman–Crippen LogP) is 6.43. The minimum atomic E-state index is -1.34. The third-order valence-corrected chi connectivity index (χ3v) is 10.6. The summed E-state index contributed by atoms with van der Waals surface area (Å²) < 4.78 is 14.6. The monoisotopic (exact) mass is 808 g/mol. The van der Waals surface area contributed by atoms with Gasteiger partial charge in [0.25, 0.3) is 0 Å². The molecule has 5 N–H and O–H groups in total. The minimum absolute atomic E-state index is 0.00526. The van der Waals surface area contributed by atoms with E-state index in [4.69, 9.17) is 0 Å². The first-order chi connectivity index (χ1) is 27.9. The van der Waals surface area contributed by atoms with E-state index in [9.17, 15) is 33.8 Å². The first-order valence-electron chi connectivity index (χ1n) is 20.0. The molecule has 13 heteroatoms. The van der Waals surface area contributed by atoms with Gasteiger partial charge in [0, 0.05) is 36.5 Å². The van der Waals surface area contributed by atoms with Gasteiger partial charge >= 0.3 is 12.1 Å². The van der Waals surface area contributed by atoms with E-state index in [-0.39, 0.29) is 38.4 Å². The summed E-state index contributed by atoms with van der Waals surface area (Å²) in [5.41, 5.74) is 2.27. The minimum Gasteiger partial charge on any atom is -0.465 e. The smallest absolute Gasteiger partial charge is 0.405 e. The van der Waals surface area contributed by atoms with Gasteiger partial charge in [-0.25, -0.2) is 14.0 Å². The van der Waals surface area contributed by atoms with Gasteiger partial charge in [0.15, 0.2) is 0 Å². The molecule has 1 aromatic heterocycles. The number of halogens is 1. The van der Waals surface area contributed by atoms with Crippen LogP contribution in [0.5, 0.6) is 0 Å². The SMILES string of the molecule is CC(C)(C)[C@H](NC(=O)O)C(=O)N[C@@H](Cc1ccc(-c2ccccn2)cc1)C[C@H](O)[C@H](Cc1ccccc1)NC(=O)[C@@H](N1CCN(Cc2ccccc2F)C1=O)C(C)(C)C. The number of benzene rings is 3. The van der Waals surface area contributed by atoms with Crippen molar-refractivity contribution in [3.63, 3.8) is 0 Å². The third-order valence-electron chi connectivity index (χ3n) is 10.6. The molecule has 0 radical (unpaired) electrons. The molecule has 4 aromatic rings. The van der Waals surface area contributed by atoms with E-state index < -0.39 is 64.8 Å². The fraction of sp³-hybridized carbons (Fsp3) is 0.413. The molecule has 5 atom stereocenters. The van der Waals surface area contributed by atoms with Gasteiger partial charge in [0.2, 0.25) is 11.8 Å². The lowest BCUT2D eigenvalue weighted by atomic mass is 9.84. The second-order valence-corrected chi connectivity index (χ2v) is 17.4. The van der Waals surface area contributed by atoms with Gasteiger partial charge in [-0.1, -0.05) is 120 Å². The Morgan fingerprint density at radius 1 is 0.763 bits per heavy atom. The summed E-state index contributed by atoms with van der Waals surface area (Å²) in [6.45, 7) is 11.5. The molecule has 0 aliphatic carbocycles. The first kappa shape index (κ1) is 44.3. The van der Waals surface area contributed by atoms with E-state index >= 15 is 0 Å². The molecule has 2 heterocycles. The Labute approximate surface area is 346 Å². The van der Waals surface area contributed by atoms with Crippen LogP contribution < -0.4 is 16.0 Å². The molecule has 1 fully saturated rings. The zero-order valence-electron chi connectivity index (χ0n) is 34.7. The summed E-state index contributed by atoms with van der Waals surface area (Å²) in [5, 5.41) is 30.2. The lowest BCUT2D eigenvalue weighted by Crippen LogP contribution is -2.59. The Morgan fingerprint density at radius 2 is 1.41 bits per heavy atom. The number of rotatable bonds is 16. The van der Waals surface area contributed by atoms with Crippen molar-refractivity contribution in [1.82, 2.24) is 30.7 Å². The zero-order valence-corrected chi connectivity index (χ0v) is 34.7. The number of carbonyl (C=O) groups is 4. The van der Waals surface area contributed by atoms with Crippen LogP contribution in [0.1, 0.15) is 64.7 Å². The number of urea groups is 1. The fourth-order valence-corrected chi connectivity index (χ4v) is 7.60. The summed E-state index contributed by atoms with van der Waals surface area (Å²) in [5.74, 6) is -1.42. The average molecular weight is 809 g/mol. The maximum atomic E-state index is 14.6. The van der Waals surface area contributed by atoms with Crippen LogP contribution in [-0.4, -0.2) is 92.3 Å². The highest BCUT2D eigenvalue weighted by Crippen LogP contribution is 2.30. The molecule has 1 aliphatic rings. The number of aliphatic hydroxyl groups excluding tert-OH is 1. The second-order valence-electron chi connectivity index (χ2n) is 17.4. The number of amides is 5. The summed E-state index contributed by atoms with van der Waals surface area (Å²) in [6, 6.07) is 25.1. The molecule has 5 amide bonds. The number of aliphatic hydroxyl groups is 1. The first-order valence-corrected chi connectivity index (χ1v) is 20.0. The van der Waals surface area contributed by atoms with E-state index in [1.807, 2.05) is 93.6 Å². The number of aromatic nitrogens is 1. The number of carboxylic acid groups (broad SMARTS) is 1.